The largest absolute Gasteiger partial charge is 0.281 e. The van der Waals surface area contributed by atoms with Gasteiger partial charge in [-0.2, -0.15) is 4.98 Å². The highest BCUT2D eigenvalue weighted by Gasteiger charge is 2.05. The van der Waals surface area contributed by atoms with Crippen molar-refractivity contribution in [2.75, 3.05) is 0 Å². The zero-order chi connectivity index (χ0) is 14.8. The molecule has 3 nitrogen and oxygen atoms in total. The standard InChI is InChI=1S/C16H14ClN3S/c1-11-3-5-12(6-4-11)15-19-16(21-20(15)2)18-14-9-7-13(17)8-10-14/h3-10H,1-2H3. The van der Waals surface area contributed by atoms with Crippen LogP contribution in [0.15, 0.2) is 53.5 Å². The fourth-order valence-corrected chi connectivity index (χ4v) is 2.84. The summed E-state index contributed by atoms with van der Waals surface area (Å²) < 4.78 is 2.03. The Hall–Kier alpha value is -1.91. The van der Waals surface area contributed by atoms with E-state index in [1.54, 1.807) is 0 Å². The van der Waals surface area contributed by atoms with E-state index in [2.05, 4.69) is 41.2 Å². The van der Waals surface area contributed by atoms with E-state index in [0.29, 0.717) is 5.02 Å². The lowest BCUT2D eigenvalue weighted by molar-refractivity contribution is 1.00. The lowest BCUT2D eigenvalue weighted by atomic mass is 10.1. The highest BCUT2D eigenvalue weighted by molar-refractivity contribution is 7.03. The number of rotatable bonds is 2. The summed E-state index contributed by atoms with van der Waals surface area (Å²) >= 11 is 7.40. The minimum atomic E-state index is 0.707. The fourth-order valence-electron chi connectivity index (χ4n) is 1.97. The van der Waals surface area contributed by atoms with Crippen molar-refractivity contribution in [3.8, 4) is 11.4 Å². The second-order valence-corrected chi connectivity index (χ2v) is 6.29. The zero-order valence-electron chi connectivity index (χ0n) is 11.7. The third-order valence-corrected chi connectivity index (χ3v) is 4.12. The molecule has 3 aromatic rings. The van der Waals surface area contributed by atoms with Crippen molar-refractivity contribution >= 4 is 28.8 Å². The molecule has 0 radical (unpaired) electrons. The second kappa shape index (κ2) is 5.84. The molecule has 1 heterocycles. The summed E-state index contributed by atoms with van der Waals surface area (Å²) in [5.74, 6) is 0.924. The van der Waals surface area contributed by atoms with Gasteiger partial charge in [0.2, 0.25) is 4.80 Å². The van der Waals surface area contributed by atoms with E-state index in [1.807, 2.05) is 35.3 Å². The van der Waals surface area contributed by atoms with Crippen molar-refractivity contribution < 1.29 is 0 Å². The van der Waals surface area contributed by atoms with Crippen LogP contribution in [-0.4, -0.2) is 8.94 Å². The number of nitrogens with zero attached hydrogens (tertiary/aromatic N) is 3. The van der Waals surface area contributed by atoms with Crippen LogP contribution in [0.2, 0.25) is 5.02 Å². The first kappa shape index (κ1) is 14.0. The second-order valence-electron chi connectivity index (χ2n) is 4.76. The highest BCUT2D eigenvalue weighted by atomic mass is 35.5. The number of halogens is 1. The monoisotopic (exact) mass is 315 g/mol. The van der Waals surface area contributed by atoms with Gasteiger partial charge in [-0.1, -0.05) is 41.4 Å². The Morgan fingerprint density at radius 2 is 1.71 bits per heavy atom. The maximum atomic E-state index is 5.88. The Bertz CT molecular complexity index is 814. The molecule has 0 spiro atoms. The lowest BCUT2D eigenvalue weighted by Gasteiger charge is -2.00. The van der Waals surface area contributed by atoms with Gasteiger partial charge in [-0.05, 0) is 42.7 Å². The summed E-state index contributed by atoms with van der Waals surface area (Å²) in [4.78, 5) is 9.88. The predicted octanol–water partition coefficient (Wildman–Crippen LogP) is 4.34. The third-order valence-electron chi connectivity index (χ3n) is 3.08. The Kier molecular flexibility index (Phi) is 3.90. The van der Waals surface area contributed by atoms with Crippen molar-refractivity contribution in [1.82, 2.24) is 8.94 Å². The van der Waals surface area contributed by atoms with Crippen molar-refractivity contribution in [1.29, 1.82) is 0 Å². The number of aryl methyl sites for hydroxylation is 2. The number of hydrogen-bond donors (Lipinski definition) is 0. The molecule has 106 valence electrons. The van der Waals surface area contributed by atoms with Crippen molar-refractivity contribution in [2.24, 2.45) is 12.0 Å². The van der Waals surface area contributed by atoms with Gasteiger partial charge in [-0.3, -0.25) is 3.96 Å². The lowest BCUT2D eigenvalue weighted by Crippen LogP contribution is -1.96. The number of benzene rings is 2. The third kappa shape index (κ3) is 3.23. The smallest absolute Gasteiger partial charge is 0.227 e. The molecule has 0 aliphatic carbocycles. The van der Waals surface area contributed by atoms with E-state index >= 15 is 0 Å². The molecule has 2 aromatic carbocycles. The van der Waals surface area contributed by atoms with Gasteiger partial charge >= 0.3 is 0 Å². The molecule has 0 saturated heterocycles. The summed E-state index contributed by atoms with van der Waals surface area (Å²) in [6.45, 7) is 2.08. The van der Waals surface area contributed by atoms with E-state index in [9.17, 15) is 0 Å². The summed E-state index contributed by atoms with van der Waals surface area (Å²) in [5.41, 5.74) is 3.18. The van der Waals surface area contributed by atoms with Crippen LogP contribution in [0.25, 0.3) is 11.4 Å². The molecule has 0 unspecified atom stereocenters. The van der Waals surface area contributed by atoms with Gasteiger partial charge in [0.15, 0.2) is 5.82 Å². The van der Waals surface area contributed by atoms with Crippen LogP contribution in [-0.2, 0) is 7.05 Å². The van der Waals surface area contributed by atoms with Crippen LogP contribution in [0.3, 0.4) is 0 Å². The average Bonchev–Trinajstić information content (AvgIpc) is 2.83. The molecule has 3 rings (SSSR count). The number of hydrogen-bond acceptors (Lipinski definition) is 3. The van der Waals surface area contributed by atoms with E-state index in [1.165, 1.54) is 17.1 Å². The van der Waals surface area contributed by atoms with Crippen LogP contribution in [0, 0.1) is 6.92 Å². The van der Waals surface area contributed by atoms with Gasteiger partial charge in [0.05, 0.1) is 5.69 Å². The molecule has 0 aliphatic rings. The molecule has 1 aromatic heterocycles. The van der Waals surface area contributed by atoms with E-state index in [4.69, 9.17) is 11.6 Å². The molecule has 0 bridgehead atoms. The maximum absolute atomic E-state index is 5.88. The molecule has 0 N–H and O–H groups in total. The molecule has 0 fully saturated rings. The minimum Gasteiger partial charge on any atom is -0.281 e. The molecule has 21 heavy (non-hydrogen) atoms. The average molecular weight is 316 g/mol. The summed E-state index contributed by atoms with van der Waals surface area (Å²) in [6.07, 6.45) is 0. The van der Waals surface area contributed by atoms with Gasteiger partial charge < -0.3 is 0 Å². The summed E-state index contributed by atoms with van der Waals surface area (Å²) in [5, 5.41) is 0.707. The zero-order valence-corrected chi connectivity index (χ0v) is 13.3. The Balaban J connectivity index is 2.01. The Labute approximate surface area is 132 Å². The van der Waals surface area contributed by atoms with Crippen LogP contribution >= 0.6 is 23.1 Å². The normalized spacial score (nSPS) is 11.9. The maximum Gasteiger partial charge on any atom is 0.227 e. The molecule has 5 heteroatoms. The number of aromatic nitrogens is 2. The first-order valence-corrected chi connectivity index (χ1v) is 7.69. The van der Waals surface area contributed by atoms with E-state index in [0.717, 1.165) is 21.9 Å². The summed E-state index contributed by atoms with van der Waals surface area (Å²) in [7, 11) is 1.99. The van der Waals surface area contributed by atoms with Gasteiger partial charge in [-0.15, -0.1) is 0 Å². The van der Waals surface area contributed by atoms with Gasteiger partial charge in [0, 0.05) is 17.6 Å². The van der Waals surface area contributed by atoms with Gasteiger partial charge in [0.25, 0.3) is 0 Å². The molecular formula is C16H14ClN3S. The van der Waals surface area contributed by atoms with Gasteiger partial charge in [-0.25, -0.2) is 4.99 Å². The topological polar surface area (TPSA) is 30.2 Å². The van der Waals surface area contributed by atoms with Crippen LogP contribution < -0.4 is 4.80 Å². The van der Waals surface area contributed by atoms with E-state index in [-0.39, 0.29) is 0 Å². The van der Waals surface area contributed by atoms with Crippen LogP contribution in [0.1, 0.15) is 5.56 Å². The fraction of sp³-hybridized carbons (Fsp3) is 0.125. The molecule has 0 amide bonds. The minimum absolute atomic E-state index is 0.707. The van der Waals surface area contributed by atoms with Crippen molar-refractivity contribution in [3.05, 3.63) is 63.9 Å². The first-order chi connectivity index (χ1) is 10.1. The van der Waals surface area contributed by atoms with Crippen LogP contribution in [0.5, 0.6) is 0 Å². The molecule has 0 aliphatic heterocycles. The van der Waals surface area contributed by atoms with Crippen molar-refractivity contribution in [3.63, 3.8) is 0 Å². The summed E-state index contributed by atoms with van der Waals surface area (Å²) in [6, 6.07) is 15.8. The Morgan fingerprint density at radius 3 is 2.38 bits per heavy atom. The molecular weight excluding hydrogens is 302 g/mol. The predicted molar refractivity (Wildman–Crippen MR) is 87.9 cm³/mol. The highest BCUT2D eigenvalue weighted by Crippen LogP contribution is 2.18. The van der Waals surface area contributed by atoms with Crippen LogP contribution in [0.4, 0.5) is 5.69 Å². The van der Waals surface area contributed by atoms with E-state index < -0.39 is 0 Å². The Morgan fingerprint density at radius 1 is 1.05 bits per heavy atom. The molecule has 0 saturated carbocycles. The van der Waals surface area contributed by atoms with Gasteiger partial charge in [0.1, 0.15) is 0 Å². The SMILES string of the molecule is Cc1ccc(-c2nc(=Nc3ccc(Cl)cc3)sn2C)cc1. The first-order valence-electron chi connectivity index (χ1n) is 6.53. The quantitative estimate of drug-likeness (QED) is 0.691. The van der Waals surface area contributed by atoms with Crippen molar-refractivity contribution in [2.45, 2.75) is 6.92 Å². The molecule has 0 atom stereocenters.